The molecule has 0 radical (unpaired) electrons. The Labute approximate surface area is 133 Å². The Balaban J connectivity index is 1.64. The van der Waals surface area contributed by atoms with E-state index in [9.17, 15) is 4.79 Å². The molecule has 0 bridgehead atoms. The number of carbonyl (C=O) groups excluding carboxylic acids is 1. The summed E-state index contributed by atoms with van der Waals surface area (Å²) in [5, 5.41) is 3.98. The van der Waals surface area contributed by atoms with Gasteiger partial charge in [-0.2, -0.15) is 0 Å². The van der Waals surface area contributed by atoms with Crippen LogP contribution in [0.5, 0.6) is 0 Å². The number of hydrogen-bond donors (Lipinski definition) is 2. The molecule has 0 saturated carbocycles. The summed E-state index contributed by atoms with van der Waals surface area (Å²) in [5.41, 5.74) is 5.20. The van der Waals surface area contributed by atoms with Crippen molar-refractivity contribution >= 4 is 28.1 Å². The predicted molar refractivity (Wildman–Crippen MR) is 90.9 cm³/mol. The SMILES string of the molecule is Cc1ccn2cc(C(=O)Nc3ccc4[nH]c(C)cc4c3)nc2c1. The van der Waals surface area contributed by atoms with Crippen molar-refractivity contribution < 1.29 is 4.79 Å². The Morgan fingerprint density at radius 1 is 1.17 bits per heavy atom. The minimum absolute atomic E-state index is 0.210. The van der Waals surface area contributed by atoms with E-state index in [1.807, 2.05) is 54.8 Å². The molecule has 1 amide bonds. The number of hydrogen-bond acceptors (Lipinski definition) is 2. The Kier molecular flexibility index (Phi) is 2.94. The van der Waals surface area contributed by atoms with Crippen LogP contribution in [0, 0.1) is 13.8 Å². The van der Waals surface area contributed by atoms with Crippen LogP contribution in [0.3, 0.4) is 0 Å². The number of aromatic nitrogens is 3. The molecule has 5 heteroatoms. The van der Waals surface area contributed by atoms with Gasteiger partial charge < -0.3 is 14.7 Å². The number of aryl methyl sites for hydroxylation is 2. The highest BCUT2D eigenvalue weighted by Gasteiger charge is 2.11. The zero-order valence-electron chi connectivity index (χ0n) is 12.9. The smallest absolute Gasteiger partial charge is 0.275 e. The van der Waals surface area contributed by atoms with Crippen LogP contribution in [0.2, 0.25) is 0 Å². The minimum Gasteiger partial charge on any atom is -0.359 e. The largest absolute Gasteiger partial charge is 0.359 e. The first-order valence-electron chi connectivity index (χ1n) is 7.44. The van der Waals surface area contributed by atoms with E-state index in [1.54, 1.807) is 6.20 Å². The Morgan fingerprint density at radius 2 is 2.04 bits per heavy atom. The van der Waals surface area contributed by atoms with Gasteiger partial charge in [-0.1, -0.05) is 0 Å². The molecule has 114 valence electrons. The number of amides is 1. The van der Waals surface area contributed by atoms with Crippen LogP contribution < -0.4 is 5.32 Å². The number of rotatable bonds is 2. The fourth-order valence-electron chi connectivity index (χ4n) is 2.74. The summed E-state index contributed by atoms with van der Waals surface area (Å²) in [6.07, 6.45) is 3.65. The van der Waals surface area contributed by atoms with Gasteiger partial charge in [0.05, 0.1) is 0 Å². The maximum atomic E-state index is 12.4. The third-order valence-electron chi connectivity index (χ3n) is 3.86. The van der Waals surface area contributed by atoms with E-state index in [1.165, 1.54) is 0 Å². The average Bonchev–Trinajstić information content (AvgIpc) is 3.08. The molecule has 2 N–H and O–H groups in total. The number of imidazole rings is 1. The second kappa shape index (κ2) is 4.98. The van der Waals surface area contributed by atoms with Gasteiger partial charge in [0.15, 0.2) is 0 Å². The summed E-state index contributed by atoms with van der Waals surface area (Å²) < 4.78 is 1.85. The van der Waals surface area contributed by atoms with Crippen molar-refractivity contribution in [2.24, 2.45) is 0 Å². The second-order valence-corrected chi connectivity index (χ2v) is 5.80. The molecule has 0 fully saturated rings. The van der Waals surface area contributed by atoms with Crippen molar-refractivity contribution in [3.8, 4) is 0 Å². The first kappa shape index (κ1) is 13.6. The average molecular weight is 304 g/mol. The van der Waals surface area contributed by atoms with Gasteiger partial charge in [0.2, 0.25) is 0 Å². The van der Waals surface area contributed by atoms with Crippen molar-refractivity contribution in [2.75, 3.05) is 5.32 Å². The third-order valence-corrected chi connectivity index (χ3v) is 3.86. The van der Waals surface area contributed by atoms with Gasteiger partial charge in [0, 0.05) is 34.7 Å². The van der Waals surface area contributed by atoms with Gasteiger partial charge in [0.1, 0.15) is 11.3 Å². The molecular weight excluding hydrogens is 288 g/mol. The van der Waals surface area contributed by atoms with Gasteiger partial charge in [-0.25, -0.2) is 4.98 Å². The molecule has 23 heavy (non-hydrogen) atoms. The highest BCUT2D eigenvalue weighted by molar-refractivity contribution is 6.04. The summed E-state index contributed by atoms with van der Waals surface area (Å²) in [6, 6.07) is 11.8. The van der Waals surface area contributed by atoms with Crippen molar-refractivity contribution in [1.82, 2.24) is 14.4 Å². The zero-order chi connectivity index (χ0) is 16.0. The number of H-pyrrole nitrogens is 1. The van der Waals surface area contributed by atoms with Gasteiger partial charge in [0.25, 0.3) is 5.91 Å². The maximum Gasteiger partial charge on any atom is 0.275 e. The Bertz CT molecular complexity index is 1040. The molecule has 4 rings (SSSR count). The molecule has 0 atom stereocenters. The van der Waals surface area contributed by atoms with E-state index in [2.05, 4.69) is 21.4 Å². The van der Waals surface area contributed by atoms with Crippen LogP contribution in [0.1, 0.15) is 21.7 Å². The summed E-state index contributed by atoms with van der Waals surface area (Å²) in [5.74, 6) is -0.210. The van der Waals surface area contributed by atoms with E-state index >= 15 is 0 Å². The van der Waals surface area contributed by atoms with Crippen molar-refractivity contribution in [3.05, 3.63) is 65.7 Å². The number of aromatic amines is 1. The maximum absolute atomic E-state index is 12.4. The first-order valence-corrected chi connectivity index (χ1v) is 7.44. The lowest BCUT2D eigenvalue weighted by atomic mass is 10.2. The number of carbonyl (C=O) groups is 1. The summed E-state index contributed by atoms with van der Waals surface area (Å²) in [4.78, 5) is 20.1. The number of anilines is 1. The fourth-order valence-corrected chi connectivity index (χ4v) is 2.74. The normalized spacial score (nSPS) is 11.2. The summed E-state index contributed by atoms with van der Waals surface area (Å²) in [7, 11) is 0. The van der Waals surface area contributed by atoms with Crippen LogP contribution in [0.25, 0.3) is 16.6 Å². The fraction of sp³-hybridized carbons (Fsp3) is 0.111. The van der Waals surface area contributed by atoms with E-state index < -0.39 is 0 Å². The van der Waals surface area contributed by atoms with Gasteiger partial charge in [-0.05, 0) is 55.8 Å². The first-order chi connectivity index (χ1) is 11.1. The molecule has 0 aliphatic heterocycles. The van der Waals surface area contributed by atoms with Gasteiger partial charge >= 0.3 is 0 Å². The minimum atomic E-state index is -0.210. The molecule has 0 unspecified atom stereocenters. The molecular formula is C18H16N4O. The third kappa shape index (κ3) is 2.46. The number of nitrogens with zero attached hydrogens (tertiary/aromatic N) is 2. The van der Waals surface area contributed by atoms with Crippen LogP contribution in [-0.4, -0.2) is 20.3 Å². The van der Waals surface area contributed by atoms with Gasteiger partial charge in [-0.3, -0.25) is 4.79 Å². The molecule has 0 spiro atoms. The monoisotopic (exact) mass is 304 g/mol. The number of pyridine rings is 1. The van der Waals surface area contributed by atoms with Crippen molar-refractivity contribution in [2.45, 2.75) is 13.8 Å². The van der Waals surface area contributed by atoms with Crippen LogP contribution in [0.15, 0.2) is 48.8 Å². The summed E-state index contributed by atoms with van der Waals surface area (Å²) in [6.45, 7) is 4.01. The second-order valence-electron chi connectivity index (χ2n) is 5.80. The number of nitrogens with one attached hydrogen (secondary N) is 2. The van der Waals surface area contributed by atoms with Crippen molar-refractivity contribution in [1.29, 1.82) is 0 Å². The topological polar surface area (TPSA) is 62.2 Å². The lowest BCUT2D eigenvalue weighted by Crippen LogP contribution is -2.12. The Morgan fingerprint density at radius 3 is 2.91 bits per heavy atom. The van der Waals surface area contributed by atoms with E-state index in [4.69, 9.17) is 0 Å². The molecule has 1 aromatic carbocycles. The van der Waals surface area contributed by atoms with Crippen LogP contribution >= 0.6 is 0 Å². The van der Waals surface area contributed by atoms with E-state index in [0.717, 1.165) is 33.5 Å². The molecule has 0 aliphatic carbocycles. The van der Waals surface area contributed by atoms with E-state index in [-0.39, 0.29) is 5.91 Å². The van der Waals surface area contributed by atoms with Gasteiger partial charge in [-0.15, -0.1) is 0 Å². The quantitative estimate of drug-likeness (QED) is 0.593. The van der Waals surface area contributed by atoms with Crippen molar-refractivity contribution in [3.63, 3.8) is 0 Å². The molecule has 0 saturated heterocycles. The van der Waals surface area contributed by atoms with Crippen LogP contribution in [0.4, 0.5) is 5.69 Å². The molecule has 0 aliphatic rings. The highest BCUT2D eigenvalue weighted by atomic mass is 16.1. The van der Waals surface area contributed by atoms with Crippen LogP contribution in [-0.2, 0) is 0 Å². The highest BCUT2D eigenvalue weighted by Crippen LogP contribution is 2.20. The Hall–Kier alpha value is -3.08. The number of fused-ring (bicyclic) bond motifs is 2. The van der Waals surface area contributed by atoms with E-state index in [0.29, 0.717) is 5.69 Å². The standard InChI is InChI=1S/C18H16N4O/c1-11-5-6-22-10-16(21-17(22)7-11)18(23)20-14-3-4-15-13(9-14)8-12(2)19-15/h3-10,19H,1-2H3,(H,20,23). The predicted octanol–water partition coefficient (Wildman–Crippen LogP) is 3.68. The molecule has 4 aromatic rings. The lowest BCUT2D eigenvalue weighted by molar-refractivity contribution is 0.102. The molecule has 3 heterocycles. The molecule has 3 aromatic heterocycles. The zero-order valence-corrected chi connectivity index (χ0v) is 12.9. The molecule has 5 nitrogen and oxygen atoms in total. The number of benzene rings is 1. The summed E-state index contributed by atoms with van der Waals surface area (Å²) >= 11 is 0. The lowest BCUT2D eigenvalue weighted by Gasteiger charge is -2.03.